The topological polar surface area (TPSA) is 83.0 Å². The Morgan fingerprint density at radius 2 is 2.24 bits per heavy atom. The first-order chi connectivity index (χ1) is 8.11. The fourth-order valence-electron chi connectivity index (χ4n) is 1.68. The summed E-state index contributed by atoms with van der Waals surface area (Å²) in [4.78, 5) is 29.5. The molecule has 1 aromatic heterocycles. The molecule has 0 atom stereocenters. The minimum absolute atomic E-state index is 0.0908. The summed E-state index contributed by atoms with van der Waals surface area (Å²) in [6, 6.07) is 4.36. The number of nitrogens with zero attached hydrogens (tertiary/aromatic N) is 1. The number of benzene rings is 1. The van der Waals surface area contributed by atoms with E-state index in [2.05, 4.69) is 9.97 Å². The lowest BCUT2D eigenvalue weighted by atomic mass is 10.1. The molecule has 2 N–H and O–H groups in total. The Balaban J connectivity index is 2.64. The second-order valence-electron chi connectivity index (χ2n) is 3.80. The van der Waals surface area contributed by atoms with Crippen LogP contribution in [0, 0.1) is 0 Å². The summed E-state index contributed by atoms with van der Waals surface area (Å²) in [5.74, 6) is -0.419. The number of carbonyl (C=O) groups is 1. The van der Waals surface area contributed by atoms with Gasteiger partial charge in [-0.3, -0.25) is 4.79 Å². The molecule has 17 heavy (non-hydrogen) atoms. The Labute approximate surface area is 97.1 Å². The van der Waals surface area contributed by atoms with Crippen molar-refractivity contribution in [1.82, 2.24) is 9.97 Å². The third kappa shape index (κ3) is 2.18. The largest absolute Gasteiger partial charge is 0.478 e. The van der Waals surface area contributed by atoms with Crippen LogP contribution >= 0.6 is 0 Å². The van der Waals surface area contributed by atoms with Crippen LogP contribution in [0.4, 0.5) is 0 Å². The maximum atomic E-state index is 11.8. The smallest absolute Gasteiger partial charge is 0.335 e. The summed E-state index contributed by atoms with van der Waals surface area (Å²) in [6.45, 7) is 2.00. The van der Waals surface area contributed by atoms with Crippen LogP contribution in [-0.4, -0.2) is 21.0 Å². The van der Waals surface area contributed by atoms with Crippen molar-refractivity contribution in [2.75, 3.05) is 0 Å². The molecule has 88 valence electrons. The molecule has 0 radical (unpaired) electrons. The highest BCUT2D eigenvalue weighted by molar-refractivity contribution is 5.92. The molecule has 0 aliphatic carbocycles. The Morgan fingerprint density at radius 1 is 1.47 bits per heavy atom. The normalized spacial score (nSPS) is 10.6. The highest BCUT2D eigenvalue weighted by Gasteiger charge is 2.08. The molecule has 5 nitrogen and oxygen atoms in total. The molecule has 0 saturated carbocycles. The van der Waals surface area contributed by atoms with Crippen molar-refractivity contribution >= 4 is 16.9 Å². The molecule has 5 heteroatoms. The lowest BCUT2D eigenvalue weighted by Gasteiger charge is -2.02. The number of fused-ring (bicyclic) bond motifs is 1. The molecule has 1 heterocycles. The molecule has 0 spiro atoms. The van der Waals surface area contributed by atoms with Crippen LogP contribution in [0.2, 0.25) is 0 Å². The van der Waals surface area contributed by atoms with Crippen LogP contribution in [0.1, 0.15) is 29.5 Å². The molecule has 0 fully saturated rings. The zero-order valence-electron chi connectivity index (χ0n) is 9.36. The molecule has 0 unspecified atom stereocenters. The number of aromatic amines is 1. The van der Waals surface area contributed by atoms with E-state index in [1.807, 2.05) is 6.92 Å². The summed E-state index contributed by atoms with van der Waals surface area (Å²) < 4.78 is 0. The van der Waals surface area contributed by atoms with E-state index in [1.165, 1.54) is 12.1 Å². The van der Waals surface area contributed by atoms with Crippen molar-refractivity contribution in [3.8, 4) is 0 Å². The lowest BCUT2D eigenvalue weighted by Crippen LogP contribution is -2.12. The van der Waals surface area contributed by atoms with E-state index in [1.54, 1.807) is 6.07 Å². The highest BCUT2D eigenvalue weighted by atomic mass is 16.4. The molecule has 2 aromatic rings. The third-order valence-corrected chi connectivity index (χ3v) is 2.49. The van der Waals surface area contributed by atoms with Gasteiger partial charge in [0.1, 0.15) is 5.82 Å². The van der Waals surface area contributed by atoms with Crippen LogP contribution in [0.25, 0.3) is 10.9 Å². The average Bonchev–Trinajstić information content (AvgIpc) is 2.29. The number of aryl methyl sites for hydroxylation is 1. The second-order valence-corrected chi connectivity index (χ2v) is 3.80. The van der Waals surface area contributed by atoms with Gasteiger partial charge in [0.15, 0.2) is 0 Å². The van der Waals surface area contributed by atoms with E-state index in [4.69, 9.17) is 5.11 Å². The van der Waals surface area contributed by atoms with E-state index in [9.17, 15) is 9.59 Å². The first-order valence-electron chi connectivity index (χ1n) is 5.38. The van der Waals surface area contributed by atoms with E-state index < -0.39 is 5.97 Å². The molecule has 0 aliphatic heterocycles. The molecule has 1 aromatic carbocycles. The lowest BCUT2D eigenvalue weighted by molar-refractivity contribution is 0.0697. The monoisotopic (exact) mass is 232 g/mol. The number of nitrogens with one attached hydrogen (secondary N) is 1. The molecular weight excluding hydrogens is 220 g/mol. The number of carboxylic acid groups (broad SMARTS) is 1. The van der Waals surface area contributed by atoms with E-state index >= 15 is 0 Å². The first kappa shape index (κ1) is 11.3. The minimum Gasteiger partial charge on any atom is -0.478 e. The zero-order valence-corrected chi connectivity index (χ0v) is 9.36. The summed E-state index contributed by atoms with van der Waals surface area (Å²) in [5, 5.41) is 9.15. The van der Waals surface area contributed by atoms with Gasteiger partial charge in [-0.05, 0) is 24.6 Å². The maximum absolute atomic E-state index is 11.8. The van der Waals surface area contributed by atoms with Crippen molar-refractivity contribution < 1.29 is 9.90 Å². The Kier molecular flexibility index (Phi) is 2.91. The summed E-state index contributed by atoms with van der Waals surface area (Å²) in [7, 11) is 0. The summed E-state index contributed by atoms with van der Waals surface area (Å²) >= 11 is 0. The van der Waals surface area contributed by atoms with E-state index in [-0.39, 0.29) is 11.1 Å². The predicted molar refractivity (Wildman–Crippen MR) is 63.3 cm³/mol. The van der Waals surface area contributed by atoms with Crippen LogP contribution < -0.4 is 5.56 Å². The molecule has 0 amide bonds. The second kappa shape index (κ2) is 4.37. The minimum atomic E-state index is -1.05. The highest BCUT2D eigenvalue weighted by Crippen LogP contribution is 2.10. The van der Waals surface area contributed by atoms with Gasteiger partial charge in [0, 0.05) is 6.42 Å². The fourth-order valence-corrected chi connectivity index (χ4v) is 1.68. The molecular formula is C12H12N2O3. The van der Waals surface area contributed by atoms with Crippen LogP contribution in [-0.2, 0) is 6.42 Å². The third-order valence-electron chi connectivity index (χ3n) is 2.49. The molecule has 0 bridgehead atoms. The van der Waals surface area contributed by atoms with Gasteiger partial charge in [0.05, 0.1) is 16.5 Å². The quantitative estimate of drug-likeness (QED) is 0.841. The average molecular weight is 232 g/mol. The summed E-state index contributed by atoms with van der Waals surface area (Å²) in [5.41, 5.74) is 0.330. The number of aromatic carboxylic acids is 1. The standard InChI is InChI=1S/C12H12N2O3/c1-2-3-10-13-9-5-4-7(12(16)17)6-8(9)11(15)14-10/h4-6H,2-3H2,1H3,(H,16,17)(H,13,14,15). The number of H-pyrrole nitrogens is 1. The van der Waals surface area contributed by atoms with Crippen molar-refractivity contribution in [3.05, 3.63) is 39.9 Å². The molecule has 0 aliphatic rings. The number of hydrogen-bond donors (Lipinski definition) is 2. The van der Waals surface area contributed by atoms with Crippen molar-refractivity contribution in [3.63, 3.8) is 0 Å². The van der Waals surface area contributed by atoms with Crippen LogP contribution in [0.5, 0.6) is 0 Å². The van der Waals surface area contributed by atoms with Crippen LogP contribution in [0.3, 0.4) is 0 Å². The first-order valence-corrected chi connectivity index (χ1v) is 5.38. The van der Waals surface area contributed by atoms with Crippen molar-refractivity contribution in [2.45, 2.75) is 19.8 Å². The van der Waals surface area contributed by atoms with Crippen molar-refractivity contribution in [2.24, 2.45) is 0 Å². The van der Waals surface area contributed by atoms with Crippen LogP contribution in [0.15, 0.2) is 23.0 Å². The van der Waals surface area contributed by atoms with Gasteiger partial charge in [-0.2, -0.15) is 0 Å². The predicted octanol–water partition coefficient (Wildman–Crippen LogP) is 1.57. The van der Waals surface area contributed by atoms with Gasteiger partial charge >= 0.3 is 5.97 Å². The maximum Gasteiger partial charge on any atom is 0.335 e. The summed E-state index contributed by atoms with van der Waals surface area (Å²) in [6.07, 6.45) is 1.59. The number of hydrogen-bond acceptors (Lipinski definition) is 3. The zero-order chi connectivity index (χ0) is 12.4. The molecule has 0 saturated heterocycles. The van der Waals surface area contributed by atoms with Gasteiger partial charge < -0.3 is 10.1 Å². The molecule has 2 rings (SSSR count). The van der Waals surface area contributed by atoms with Gasteiger partial charge in [0.2, 0.25) is 0 Å². The fraction of sp³-hybridized carbons (Fsp3) is 0.250. The van der Waals surface area contributed by atoms with Crippen molar-refractivity contribution in [1.29, 1.82) is 0 Å². The van der Waals surface area contributed by atoms with Gasteiger partial charge in [-0.25, -0.2) is 9.78 Å². The van der Waals surface area contributed by atoms with Gasteiger partial charge in [0.25, 0.3) is 5.56 Å². The van der Waals surface area contributed by atoms with E-state index in [0.29, 0.717) is 23.1 Å². The van der Waals surface area contributed by atoms with Gasteiger partial charge in [-0.15, -0.1) is 0 Å². The number of aromatic nitrogens is 2. The number of carboxylic acids is 1. The van der Waals surface area contributed by atoms with E-state index in [0.717, 1.165) is 6.42 Å². The SMILES string of the molecule is CCCc1nc2ccc(C(=O)O)cc2c(=O)[nH]1. The Morgan fingerprint density at radius 3 is 2.88 bits per heavy atom. The van der Waals surface area contributed by atoms with Gasteiger partial charge in [-0.1, -0.05) is 6.92 Å². The Bertz CT molecular complexity index is 631. The number of rotatable bonds is 3. The Hall–Kier alpha value is -2.17.